The summed E-state index contributed by atoms with van der Waals surface area (Å²) in [6.45, 7) is 5.46. The lowest BCUT2D eigenvalue weighted by Gasteiger charge is -2.11. The number of thiophene rings is 2. The normalized spacial score (nSPS) is 12.8. The highest BCUT2D eigenvalue weighted by atomic mass is 32.2. The molecule has 0 aliphatic carbocycles. The first-order valence-electron chi connectivity index (χ1n) is 6.22. The highest BCUT2D eigenvalue weighted by Crippen LogP contribution is 2.29. The molecule has 1 unspecified atom stereocenters. The van der Waals surface area contributed by atoms with Crippen molar-refractivity contribution in [1.29, 1.82) is 0 Å². The first kappa shape index (κ1) is 14.1. The van der Waals surface area contributed by atoms with Crippen LogP contribution < -0.4 is 5.32 Å². The van der Waals surface area contributed by atoms with E-state index in [4.69, 9.17) is 0 Å². The maximum atomic E-state index is 3.59. The van der Waals surface area contributed by atoms with Gasteiger partial charge in [0.25, 0.3) is 0 Å². The topological polar surface area (TPSA) is 12.0 Å². The maximum absolute atomic E-state index is 3.59. The smallest absolute Gasteiger partial charge is 0.0351 e. The van der Waals surface area contributed by atoms with E-state index in [-0.39, 0.29) is 0 Å². The van der Waals surface area contributed by atoms with Crippen molar-refractivity contribution in [3.63, 3.8) is 0 Å². The van der Waals surface area contributed by atoms with Crippen LogP contribution in [0.4, 0.5) is 0 Å². The molecular weight excluding hydrogens is 278 g/mol. The zero-order chi connectivity index (χ0) is 12.8. The van der Waals surface area contributed by atoms with Crippen LogP contribution in [0, 0.1) is 0 Å². The van der Waals surface area contributed by atoms with Crippen LogP contribution in [0.15, 0.2) is 29.0 Å². The van der Waals surface area contributed by atoms with Crippen LogP contribution in [0.1, 0.15) is 18.7 Å². The summed E-state index contributed by atoms with van der Waals surface area (Å²) in [5.41, 5.74) is 1.36. The first-order valence-corrected chi connectivity index (χ1v) is 9.13. The largest absolute Gasteiger partial charge is 0.309 e. The Morgan fingerprint density at radius 1 is 1.39 bits per heavy atom. The molecule has 2 aromatic heterocycles. The molecule has 0 aliphatic rings. The van der Waals surface area contributed by atoms with Crippen molar-refractivity contribution >= 4 is 34.4 Å². The standard InChI is InChI=1S/C14H19NS3/c1-3-16-9-11(2)15-8-13-7-12(10-18-13)14-5-4-6-17-14/h4-7,10-11,15H,3,8-9H2,1-2H3. The zero-order valence-corrected chi connectivity index (χ0v) is 13.3. The van der Waals surface area contributed by atoms with Crippen LogP contribution in [0.25, 0.3) is 10.4 Å². The van der Waals surface area contributed by atoms with E-state index >= 15 is 0 Å². The highest BCUT2D eigenvalue weighted by molar-refractivity contribution is 7.99. The van der Waals surface area contributed by atoms with E-state index in [0.717, 1.165) is 6.54 Å². The molecule has 1 N–H and O–H groups in total. The Morgan fingerprint density at radius 2 is 2.28 bits per heavy atom. The molecule has 0 bridgehead atoms. The quantitative estimate of drug-likeness (QED) is 0.794. The maximum Gasteiger partial charge on any atom is 0.0351 e. The number of thioether (sulfide) groups is 1. The summed E-state index contributed by atoms with van der Waals surface area (Å²) in [5, 5.41) is 7.98. The average Bonchev–Trinajstić information content (AvgIpc) is 3.03. The first-order chi connectivity index (χ1) is 8.79. The average molecular weight is 298 g/mol. The van der Waals surface area contributed by atoms with E-state index < -0.39 is 0 Å². The molecule has 0 fully saturated rings. The summed E-state index contributed by atoms with van der Waals surface area (Å²) in [4.78, 5) is 2.79. The molecule has 0 saturated heterocycles. The lowest BCUT2D eigenvalue weighted by molar-refractivity contribution is 0.600. The molecule has 1 atom stereocenters. The van der Waals surface area contributed by atoms with Crippen molar-refractivity contribution in [2.45, 2.75) is 26.4 Å². The van der Waals surface area contributed by atoms with Crippen molar-refractivity contribution in [3.8, 4) is 10.4 Å². The van der Waals surface area contributed by atoms with Crippen molar-refractivity contribution in [2.24, 2.45) is 0 Å². The molecule has 0 radical (unpaired) electrons. The van der Waals surface area contributed by atoms with Crippen LogP contribution >= 0.6 is 34.4 Å². The zero-order valence-electron chi connectivity index (χ0n) is 10.8. The van der Waals surface area contributed by atoms with Gasteiger partial charge in [-0.2, -0.15) is 11.8 Å². The van der Waals surface area contributed by atoms with Crippen LogP contribution in [0.3, 0.4) is 0 Å². The van der Waals surface area contributed by atoms with E-state index in [9.17, 15) is 0 Å². The number of hydrogen-bond acceptors (Lipinski definition) is 4. The van der Waals surface area contributed by atoms with Crippen molar-refractivity contribution < 1.29 is 0 Å². The molecule has 2 rings (SSSR count). The predicted molar refractivity (Wildman–Crippen MR) is 86.9 cm³/mol. The number of rotatable bonds is 7. The molecule has 1 nitrogen and oxygen atoms in total. The Hall–Kier alpha value is -0.290. The van der Waals surface area contributed by atoms with Crippen LogP contribution in [-0.2, 0) is 6.54 Å². The van der Waals surface area contributed by atoms with Gasteiger partial charge < -0.3 is 5.32 Å². The summed E-state index contributed by atoms with van der Waals surface area (Å²) < 4.78 is 0. The highest BCUT2D eigenvalue weighted by Gasteiger charge is 2.05. The molecule has 0 amide bonds. The third kappa shape index (κ3) is 4.12. The second-order valence-corrected chi connectivity index (χ2v) is 7.48. The number of nitrogens with one attached hydrogen (secondary N) is 1. The van der Waals surface area contributed by atoms with Gasteiger partial charge in [-0.05, 0) is 35.6 Å². The monoisotopic (exact) mass is 297 g/mol. The van der Waals surface area contributed by atoms with Crippen molar-refractivity contribution in [1.82, 2.24) is 5.32 Å². The van der Waals surface area contributed by atoms with Gasteiger partial charge in [0.05, 0.1) is 0 Å². The third-order valence-electron chi connectivity index (χ3n) is 2.66. The lowest BCUT2D eigenvalue weighted by atomic mass is 10.2. The van der Waals surface area contributed by atoms with E-state index in [2.05, 4.69) is 48.1 Å². The molecule has 4 heteroatoms. The fourth-order valence-electron chi connectivity index (χ4n) is 1.67. The lowest BCUT2D eigenvalue weighted by Crippen LogP contribution is -2.27. The molecular formula is C14H19NS3. The molecule has 2 heterocycles. The van der Waals surface area contributed by atoms with Crippen LogP contribution in [0.2, 0.25) is 0 Å². The van der Waals surface area contributed by atoms with Crippen LogP contribution in [0.5, 0.6) is 0 Å². The summed E-state index contributed by atoms with van der Waals surface area (Å²) in [6.07, 6.45) is 0. The van der Waals surface area contributed by atoms with E-state index in [1.807, 2.05) is 34.4 Å². The van der Waals surface area contributed by atoms with Gasteiger partial charge in [-0.3, -0.25) is 0 Å². The Morgan fingerprint density at radius 3 is 3.00 bits per heavy atom. The Labute approximate surface area is 122 Å². The summed E-state index contributed by atoms with van der Waals surface area (Å²) in [7, 11) is 0. The third-order valence-corrected chi connectivity index (χ3v) is 5.66. The van der Waals surface area contributed by atoms with Gasteiger partial charge in [0.2, 0.25) is 0 Å². The van der Waals surface area contributed by atoms with Gasteiger partial charge in [0.1, 0.15) is 0 Å². The van der Waals surface area contributed by atoms with Gasteiger partial charge in [0.15, 0.2) is 0 Å². The summed E-state index contributed by atoms with van der Waals surface area (Å²) >= 11 is 5.66. The van der Waals surface area contributed by atoms with Gasteiger partial charge in [-0.15, -0.1) is 22.7 Å². The van der Waals surface area contributed by atoms with Gasteiger partial charge in [-0.25, -0.2) is 0 Å². The second kappa shape index (κ2) is 7.34. The summed E-state index contributed by atoms with van der Waals surface area (Å²) in [5.74, 6) is 2.40. The molecule has 18 heavy (non-hydrogen) atoms. The van der Waals surface area contributed by atoms with Crippen molar-refractivity contribution in [2.75, 3.05) is 11.5 Å². The van der Waals surface area contributed by atoms with Crippen molar-refractivity contribution in [3.05, 3.63) is 33.8 Å². The fraction of sp³-hybridized carbons (Fsp3) is 0.429. The van der Waals surface area contributed by atoms with Crippen LogP contribution in [-0.4, -0.2) is 17.5 Å². The predicted octanol–water partition coefficient (Wildman–Crippen LogP) is 4.71. The molecule has 98 valence electrons. The molecule has 0 aliphatic heterocycles. The number of hydrogen-bond donors (Lipinski definition) is 1. The van der Waals surface area contributed by atoms with E-state index in [0.29, 0.717) is 6.04 Å². The van der Waals surface area contributed by atoms with Gasteiger partial charge in [-0.1, -0.05) is 13.0 Å². The minimum absolute atomic E-state index is 0.585. The van der Waals surface area contributed by atoms with E-state index in [1.54, 1.807) is 0 Å². The molecule has 0 spiro atoms. The second-order valence-electron chi connectivity index (χ2n) is 4.22. The molecule has 0 saturated carbocycles. The molecule has 0 aromatic carbocycles. The SMILES string of the molecule is CCSCC(C)NCc1cc(-c2cccs2)cs1. The summed E-state index contributed by atoms with van der Waals surface area (Å²) in [6, 6.07) is 7.19. The minimum Gasteiger partial charge on any atom is -0.309 e. The van der Waals surface area contributed by atoms with E-state index in [1.165, 1.54) is 26.8 Å². The van der Waals surface area contributed by atoms with Gasteiger partial charge >= 0.3 is 0 Å². The Balaban J connectivity index is 1.84. The Bertz CT molecular complexity index is 447. The minimum atomic E-state index is 0.585. The van der Waals surface area contributed by atoms with Gasteiger partial charge in [0, 0.05) is 33.7 Å². The molecule has 2 aromatic rings. The fourth-order valence-corrected chi connectivity index (χ4v) is 4.01. The Kier molecular flexibility index (Phi) is 5.76.